The van der Waals surface area contributed by atoms with Crippen LogP contribution in [-0.2, 0) is 9.59 Å². The molecule has 2 unspecified atom stereocenters. The lowest BCUT2D eigenvalue weighted by Crippen LogP contribution is -2.48. The predicted molar refractivity (Wildman–Crippen MR) is 82.9 cm³/mol. The molecule has 1 fully saturated rings. The summed E-state index contributed by atoms with van der Waals surface area (Å²) < 4.78 is 0. The average molecular weight is 306 g/mol. The highest BCUT2D eigenvalue weighted by Gasteiger charge is 2.22. The number of piperidine rings is 1. The van der Waals surface area contributed by atoms with Crippen LogP contribution in [0.1, 0.15) is 40.0 Å². The molecule has 1 aliphatic heterocycles. The molecule has 5 nitrogen and oxygen atoms in total. The number of amides is 2. The van der Waals surface area contributed by atoms with Gasteiger partial charge >= 0.3 is 0 Å². The van der Waals surface area contributed by atoms with E-state index < -0.39 is 0 Å². The summed E-state index contributed by atoms with van der Waals surface area (Å²) in [5, 5.41) is 9.14. The van der Waals surface area contributed by atoms with Crippen LogP contribution in [0.2, 0.25) is 0 Å². The van der Waals surface area contributed by atoms with Gasteiger partial charge in [0.15, 0.2) is 0 Å². The first-order valence-corrected chi connectivity index (χ1v) is 7.25. The summed E-state index contributed by atoms with van der Waals surface area (Å²) in [6, 6.07) is 0.264. The van der Waals surface area contributed by atoms with Crippen LogP contribution < -0.4 is 16.0 Å². The van der Waals surface area contributed by atoms with Gasteiger partial charge in [0.2, 0.25) is 11.8 Å². The first-order chi connectivity index (χ1) is 8.99. The molecular formula is C14H28ClN3O2. The lowest BCUT2D eigenvalue weighted by Gasteiger charge is -2.30. The van der Waals surface area contributed by atoms with E-state index in [0.29, 0.717) is 31.2 Å². The van der Waals surface area contributed by atoms with E-state index in [1.54, 1.807) is 0 Å². The average Bonchev–Trinajstić information content (AvgIpc) is 2.31. The van der Waals surface area contributed by atoms with Gasteiger partial charge in [0.05, 0.1) is 0 Å². The van der Waals surface area contributed by atoms with Crippen molar-refractivity contribution in [1.29, 1.82) is 0 Å². The Morgan fingerprint density at radius 3 is 2.60 bits per heavy atom. The zero-order valence-electron chi connectivity index (χ0n) is 12.7. The van der Waals surface area contributed by atoms with Crippen LogP contribution >= 0.6 is 12.4 Å². The van der Waals surface area contributed by atoms with Gasteiger partial charge < -0.3 is 16.0 Å². The molecule has 118 valence electrons. The van der Waals surface area contributed by atoms with E-state index in [-0.39, 0.29) is 30.3 Å². The molecule has 0 radical (unpaired) electrons. The fourth-order valence-electron chi connectivity index (χ4n) is 2.27. The van der Waals surface area contributed by atoms with Gasteiger partial charge in [-0.2, -0.15) is 0 Å². The maximum atomic E-state index is 11.8. The number of hydrogen-bond acceptors (Lipinski definition) is 3. The first-order valence-electron chi connectivity index (χ1n) is 7.25. The van der Waals surface area contributed by atoms with E-state index in [1.807, 2.05) is 13.8 Å². The smallest absolute Gasteiger partial charge is 0.221 e. The van der Waals surface area contributed by atoms with Crippen molar-refractivity contribution in [1.82, 2.24) is 16.0 Å². The monoisotopic (exact) mass is 305 g/mol. The van der Waals surface area contributed by atoms with Crippen LogP contribution in [0.5, 0.6) is 0 Å². The second kappa shape index (κ2) is 10.00. The van der Waals surface area contributed by atoms with Crippen molar-refractivity contribution in [2.24, 2.45) is 11.8 Å². The Labute approximate surface area is 128 Å². The highest BCUT2D eigenvalue weighted by atomic mass is 35.5. The van der Waals surface area contributed by atoms with Crippen molar-refractivity contribution in [3.05, 3.63) is 0 Å². The Hall–Kier alpha value is -0.810. The summed E-state index contributed by atoms with van der Waals surface area (Å²) in [7, 11) is 0. The normalized spacial score (nSPS) is 22.0. The molecule has 0 bridgehead atoms. The maximum absolute atomic E-state index is 11.8. The molecule has 3 N–H and O–H groups in total. The zero-order valence-corrected chi connectivity index (χ0v) is 13.5. The molecular weight excluding hydrogens is 278 g/mol. The molecule has 2 atom stereocenters. The lowest BCUT2D eigenvalue weighted by molar-refractivity contribution is -0.123. The summed E-state index contributed by atoms with van der Waals surface area (Å²) in [6.07, 6.45) is 1.86. The van der Waals surface area contributed by atoms with Gasteiger partial charge in [-0.15, -0.1) is 12.4 Å². The van der Waals surface area contributed by atoms with Crippen molar-refractivity contribution in [2.75, 3.05) is 19.6 Å². The topological polar surface area (TPSA) is 70.2 Å². The summed E-state index contributed by atoms with van der Waals surface area (Å²) in [6.45, 7) is 8.49. The number of nitrogens with one attached hydrogen (secondary N) is 3. The van der Waals surface area contributed by atoms with Crippen LogP contribution in [0.3, 0.4) is 0 Å². The molecule has 0 aromatic carbocycles. The number of halogens is 1. The molecule has 0 aliphatic carbocycles. The van der Waals surface area contributed by atoms with Crippen molar-refractivity contribution in [3.8, 4) is 0 Å². The van der Waals surface area contributed by atoms with Crippen LogP contribution in [0, 0.1) is 11.8 Å². The number of carbonyl (C=O) groups excluding carboxylic acids is 2. The van der Waals surface area contributed by atoms with Crippen molar-refractivity contribution in [3.63, 3.8) is 0 Å². The molecule has 0 spiro atoms. The van der Waals surface area contributed by atoms with E-state index in [0.717, 1.165) is 19.5 Å². The van der Waals surface area contributed by atoms with E-state index in [1.165, 1.54) is 0 Å². The predicted octanol–water partition coefficient (Wildman–Crippen LogP) is 1.07. The summed E-state index contributed by atoms with van der Waals surface area (Å²) in [5.74, 6) is 0.874. The molecule has 20 heavy (non-hydrogen) atoms. The third-order valence-electron chi connectivity index (χ3n) is 3.40. The minimum Gasteiger partial charge on any atom is -0.356 e. The summed E-state index contributed by atoms with van der Waals surface area (Å²) in [4.78, 5) is 23.2. The summed E-state index contributed by atoms with van der Waals surface area (Å²) >= 11 is 0. The Bertz CT molecular complexity index is 311. The Balaban J connectivity index is 0.00000361. The molecule has 1 heterocycles. The van der Waals surface area contributed by atoms with Crippen molar-refractivity contribution < 1.29 is 9.59 Å². The number of hydrogen-bond donors (Lipinski definition) is 3. The molecule has 2 amide bonds. The number of rotatable bonds is 6. The van der Waals surface area contributed by atoms with Gasteiger partial charge in [-0.3, -0.25) is 9.59 Å². The fraction of sp³-hybridized carbons (Fsp3) is 0.857. The minimum atomic E-state index is 0. The van der Waals surface area contributed by atoms with Gasteiger partial charge in [-0.1, -0.05) is 20.8 Å². The van der Waals surface area contributed by atoms with Crippen LogP contribution in [0.15, 0.2) is 0 Å². The highest BCUT2D eigenvalue weighted by molar-refractivity contribution is 5.85. The van der Waals surface area contributed by atoms with Crippen molar-refractivity contribution in [2.45, 2.75) is 46.1 Å². The SMILES string of the molecule is CC(C)CC(=O)NCCC(=O)NC1CCNCC1C.Cl. The Kier molecular flexibility index (Phi) is 9.59. The largest absolute Gasteiger partial charge is 0.356 e. The van der Waals surface area contributed by atoms with Gasteiger partial charge in [-0.25, -0.2) is 0 Å². The standard InChI is InChI=1S/C14H27N3O2.ClH/c1-10(2)8-14(19)16-7-5-13(18)17-12-4-6-15-9-11(12)3;/h10-12,15H,4-9H2,1-3H3,(H,16,19)(H,17,18);1H. The third-order valence-corrected chi connectivity index (χ3v) is 3.40. The third kappa shape index (κ3) is 7.70. The van der Waals surface area contributed by atoms with Gasteiger partial charge in [0.25, 0.3) is 0 Å². The summed E-state index contributed by atoms with van der Waals surface area (Å²) in [5.41, 5.74) is 0. The minimum absolute atomic E-state index is 0. The Morgan fingerprint density at radius 2 is 2.00 bits per heavy atom. The van der Waals surface area contributed by atoms with Gasteiger partial charge in [-0.05, 0) is 31.3 Å². The van der Waals surface area contributed by atoms with E-state index in [2.05, 4.69) is 22.9 Å². The fourth-order valence-corrected chi connectivity index (χ4v) is 2.27. The van der Waals surface area contributed by atoms with Gasteiger partial charge in [0, 0.05) is 25.4 Å². The molecule has 0 aromatic rings. The molecule has 1 aliphatic rings. The van der Waals surface area contributed by atoms with Gasteiger partial charge in [0.1, 0.15) is 0 Å². The van der Waals surface area contributed by atoms with E-state index in [4.69, 9.17) is 0 Å². The zero-order chi connectivity index (χ0) is 14.3. The quantitative estimate of drug-likeness (QED) is 0.687. The Morgan fingerprint density at radius 1 is 1.30 bits per heavy atom. The highest BCUT2D eigenvalue weighted by Crippen LogP contribution is 2.10. The van der Waals surface area contributed by atoms with Crippen LogP contribution in [0.25, 0.3) is 0 Å². The molecule has 6 heteroatoms. The maximum Gasteiger partial charge on any atom is 0.221 e. The molecule has 0 saturated carbocycles. The molecule has 1 rings (SSSR count). The lowest BCUT2D eigenvalue weighted by atomic mass is 9.95. The van der Waals surface area contributed by atoms with Crippen molar-refractivity contribution >= 4 is 24.2 Å². The van der Waals surface area contributed by atoms with Crippen LogP contribution in [-0.4, -0.2) is 37.5 Å². The second-order valence-electron chi connectivity index (χ2n) is 5.84. The van der Waals surface area contributed by atoms with Crippen LogP contribution in [0.4, 0.5) is 0 Å². The molecule has 1 saturated heterocycles. The second-order valence-corrected chi connectivity index (χ2v) is 5.84. The number of carbonyl (C=O) groups is 2. The van der Waals surface area contributed by atoms with E-state index in [9.17, 15) is 9.59 Å². The molecule has 0 aromatic heterocycles. The first kappa shape index (κ1) is 19.2. The van der Waals surface area contributed by atoms with E-state index >= 15 is 0 Å².